The maximum absolute atomic E-state index is 10.7. The van der Waals surface area contributed by atoms with Gasteiger partial charge >= 0.3 is 0 Å². The molecule has 2 atom stereocenters. The zero-order chi connectivity index (χ0) is 16.5. The van der Waals surface area contributed by atoms with E-state index >= 15 is 0 Å². The minimum atomic E-state index is -0.764. The summed E-state index contributed by atoms with van der Waals surface area (Å²) >= 11 is 0. The maximum Gasteiger partial charge on any atom is 0.0869 e. The topological polar surface area (TPSA) is 54.0 Å². The van der Waals surface area contributed by atoms with Crippen molar-refractivity contribution in [2.24, 2.45) is 0 Å². The van der Waals surface area contributed by atoms with Crippen LogP contribution in [0.15, 0.2) is 30.3 Å². The Morgan fingerprint density at radius 2 is 2.00 bits per heavy atom. The van der Waals surface area contributed by atoms with Gasteiger partial charge in [-0.05, 0) is 18.9 Å². The molecule has 0 aromatic heterocycles. The highest BCUT2D eigenvalue weighted by Crippen LogP contribution is 2.09. The van der Waals surface area contributed by atoms with E-state index in [4.69, 9.17) is 9.47 Å². The largest absolute Gasteiger partial charge is 0.388 e. The number of ether oxygens (including phenoxy) is 2. The summed E-state index contributed by atoms with van der Waals surface area (Å²) in [6.07, 6.45) is 0.891. The molecule has 130 valence electrons. The van der Waals surface area contributed by atoms with Crippen LogP contribution < -0.4 is 5.32 Å². The molecule has 5 nitrogen and oxygen atoms in total. The summed E-state index contributed by atoms with van der Waals surface area (Å²) in [5, 5.41) is 14.1. The Morgan fingerprint density at radius 3 is 2.65 bits per heavy atom. The van der Waals surface area contributed by atoms with Gasteiger partial charge in [0, 0.05) is 39.3 Å². The van der Waals surface area contributed by atoms with Gasteiger partial charge in [0.05, 0.1) is 25.4 Å². The van der Waals surface area contributed by atoms with Crippen molar-refractivity contribution < 1.29 is 14.6 Å². The Morgan fingerprint density at radius 1 is 1.30 bits per heavy atom. The second-order valence-corrected chi connectivity index (χ2v) is 6.61. The molecule has 1 aliphatic rings. The maximum atomic E-state index is 10.7. The third-order valence-corrected chi connectivity index (χ3v) is 4.13. The van der Waals surface area contributed by atoms with Crippen molar-refractivity contribution >= 4 is 0 Å². The summed E-state index contributed by atoms with van der Waals surface area (Å²) in [6, 6.07) is 10.6. The van der Waals surface area contributed by atoms with Crippen molar-refractivity contribution in [2.75, 3.05) is 53.1 Å². The smallest absolute Gasteiger partial charge is 0.0869 e. The molecule has 1 aromatic rings. The molecule has 1 aromatic carbocycles. The van der Waals surface area contributed by atoms with Crippen LogP contribution in [0.5, 0.6) is 0 Å². The molecule has 0 amide bonds. The predicted molar refractivity (Wildman–Crippen MR) is 91.7 cm³/mol. The van der Waals surface area contributed by atoms with Gasteiger partial charge in [-0.15, -0.1) is 0 Å². The predicted octanol–water partition coefficient (Wildman–Crippen LogP) is 0.917. The van der Waals surface area contributed by atoms with Crippen LogP contribution in [0, 0.1) is 0 Å². The first kappa shape index (κ1) is 18.4. The fraction of sp³-hybridized carbons (Fsp3) is 0.667. The summed E-state index contributed by atoms with van der Waals surface area (Å²) in [6.45, 7) is 7.01. The van der Waals surface area contributed by atoms with Crippen molar-refractivity contribution in [2.45, 2.75) is 25.0 Å². The Bertz CT molecular complexity index is 433. The number of rotatable bonds is 9. The highest BCUT2D eigenvalue weighted by molar-refractivity contribution is 5.16. The highest BCUT2D eigenvalue weighted by atomic mass is 16.5. The van der Waals surface area contributed by atoms with Crippen molar-refractivity contribution in [3.05, 3.63) is 35.9 Å². The van der Waals surface area contributed by atoms with Crippen LogP contribution in [0.1, 0.15) is 12.5 Å². The molecule has 1 aliphatic heterocycles. The molecule has 0 aliphatic carbocycles. The van der Waals surface area contributed by atoms with Crippen LogP contribution in [-0.4, -0.2) is 74.8 Å². The number of nitrogens with one attached hydrogen (secondary N) is 1. The van der Waals surface area contributed by atoms with Crippen molar-refractivity contribution in [3.8, 4) is 0 Å². The van der Waals surface area contributed by atoms with E-state index in [2.05, 4.69) is 22.3 Å². The van der Waals surface area contributed by atoms with E-state index in [1.807, 2.05) is 25.1 Å². The van der Waals surface area contributed by atoms with E-state index in [9.17, 15) is 5.11 Å². The van der Waals surface area contributed by atoms with Gasteiger partial charge in [0.1, 0.15) is 0 Å². The Kier molecular flexibility index (Phi) is 7.46. The standard InChI is InChI=1S/C18H30N2O3/c1-18(21,15-20-8-10-23-11-9-20)14-19-17(13-22-2)12-16-6-4-3-5-7-16/h3-7,17,19,21H,8-15H2,1-2H3/t17-,18+/m1/s1. The molecule has 1 saturated heterocycles. The first-order valence-corrected chi connectivity index (χ1v) is 8.38. The highest BCUT2D eigenvalue weighted by Gasteiger charge is 2.26. The van der Waals surface area contributed by atoms with Gasteiger partial charge in [-0.3, -0.25) is 4.90 Å². The molecule has 0 radical (unpaired) electrons. The molecule has 1 heterocycles. The van der Waals surface area contributed by atoms with E-state index in [0.717, 1.165) is 32.7 Å². The SMILES string of the molecule is COC[C@@H](Cc1ccccc1)NC[C@](C)(O)CN1CCOCC1. The van der Waals surface area contributed by atoms with Gasteiger partial charge in [0.25, 0.3) is 0 Å². The molecular weight excluding hydrogens is 292 g/mol. The van der Waals surface area contributed by atoms with Crippen LogP contribution in [0.2, 0.25) is 0 Å². The Hall–Kier alpha value is -0.980. The van der Waals surface area contributed by atoms with Gasteiger partial charge in [-0.2, -0.15) is 0 Å². The average Bonchev–Trinajstić information content (AvgIpc) is 2.54. The number of methoxy groups -OCH3 is 1. The summed E-state index contributed by atoms with van der Waals surface area (Å²) in [4.78, 5) is 2.26. The number of morpholine rings is 1. The van der Waals surface area contributed by atoms with E-state index < -0.39 is 5.60 Å². The van der Waals surface area contributed by atoms with Crippen LogP contribution in [-0.2, 0) is 15.9 Å². The second-order valence-electron chi connectivity index (χ2n) is 6.61. The van der Waals surface area contributed by atoms with Gasteiger partial charge in [0.2, 0.25) is 0 Å². The lowest BCUT2D eigenvalue weighted by molar-refractivity contribution is -0.0238. The van der Waals surface area contributed by atoms with Crippen molar-refractivity contribution in [1.82, 2.24) is 10.2 Å². The quantitative estimate of drug-likeness (QED) is 0.708. The van der Waals surface area contributed by atoms with Gasteiger partial charge in [-0.25, -0.2) is 0 Å². The molecule has 0 bridgehead atoms. The zero-order valence-electron chi connectivity index (χ0n) is 14.3. The molecule has 5 heteroatoms. The monoisotopic (exact) mass is 322 g/mol. The number of hydrogen-bond donors (Lipinski definition) is 2. The Balaban J connectivity index is 1.81. The van der Waals surface area contributed by atoms with Crippen molar-refractivity contribution in [3.63, 3.8) is 0 Å². The third kappa shape index (κ3) is 6.97. The van der Waals surface area contributed by atoms with E-state index in [1.165, 1.54) is 5.56 Å². The van der Waals surface area contributed by atoms with Gasteiger partial charge in [-0.1, -0.05) is 30.3 Å². The average molecular weight is 322 g/mol. The third-order valence-electron chi connectivity index (χ3n) is 4.13. The van der Waals surface area contributed by atoms with Gasteiger partial charge in [0.15, 0.2) is 0 Å². The molecule has 2 rings (SSSR count). The fourth-order valence-corrected chi connectivity index (χ4v) is 2.95. The molecular formula is C18H30N2O3. The number of nitrogens with zero attached hydrogens (tertiary/aromatic N) is 1. The lowest BCUT2D eigenvalue weighted by atomic mass is 10.0. The molecule has 1 fully saturated rings. The van der Waals surface area contributed by atoms with E-state index in [1.54, 1.807) is 7.11 Å². The van der Waals surface area contributed by atoms with Crippen LogP contribution in [0.25, 0.3) is 0 Å². The number of aliphatic hydroxyl groups is 1. The fourth-order valence-electron chi connectivity index (χ4n) is 2.95. The zero-order valence-corrected chi connectivity index (χ0v) is 14.3. The second kappa shape index (κ2) is 9.35. The normalized spacial score (nSPS) is 20.1. The van der Waals surface area contributed by atoms with E-state index in [0.29, 0.717) is 19.7 Å². The minimum absolute atomic E-state index is 0.193. The number of β-amino-alcohol motifs (C(OH)–C–C–N with tert-alkyl or cyclic N) is 1. The summed E-state index contributed by atoms with van der Waals surface area (Å²) in [5.74, 6) is 0. The van der Waals surface area contributed by atoms with Crippen molar-refractivity contribution in [1.29, 1.82) is 0 Å². The van der Waals surface area contributed by atoms with Crippen LogP contribution in [0.3, 0.4) is 0 Å². The summed E-state index contributed by atoms with van der Waals surface area (Å²) in [7, 11) is 1.71. The Labute approximate surface area is 139 Å². The molecule has 0 spiro atoms. The van der Waals surface area contributed by atoms with E-state index in [-0.39, 0.29) is 6.04 Å². The first-order valence-electron chi connectivity index (χ1n) is 8.38. The lowest BCUT2D eigenvalue weighted by Crippen LogP contribution is -2.52. The van der Waals surface area contributed by atoms with Crippen LogP contribution in [0.4, 0.5) is 0 Å². The van der Waals surface area contributed by atoms with Crippen LogP contribution >= 0.6 is 0 Å². The number of benzene rings is 1. The molecule has 0 saturated carbocycles. The summed E-state index contributed by atoms with van der Waals surface area (Å²) < 4.78 is 10.7. The lowest BCUT2D eigenvalue weighted by Gasteiger charge is -2.35. The summed E-state index contributed by atoms with van der Waals surface area (Å²) in [5.41, 5.74) is 0.509. The molecule has 23 heavy (non-hydrogen) atoms. The first-order chi connectivity index (χ1) is 11.1. The number of hydrogen-bond acceptors (Lipinski definition) is 5. The minimum Gasteiger partial charge on any atom is -0.388 e. The van der Waals surface area contributed by atoms with Gasteiger partial charge < -0.3 is 19.9 Å². The molecule has 2 N–H and O–H groups in total. The molecule has 0 unspecified atom stereocenters.